The summed E-state index contributed by atoms with van der Waals surface area (Å²) in [6.45, 7) is -0.169. The number of rotatable bonds is 4. The molecule has 5 heteroatoms. The summed E-state index contributed by atoms with van der Waals surface area (Å²) >= 11 is 1.54. The molecule has 132 valence electrons. The van der Waals surface area contributed by atoms with Crippen LogP contribution < -0.4 is 5.32 Å². The Bertz CT molecular complexity index is 550. The first-order chi connectivity index (χ1) is 11.7. The van der Waals surface area contributed by atoms with E-state index in [9.17, 15) is 9.59 Å². The number of hydrogen-bond donors (Lipinski definition) is 1. The molecule has 0 aromatic carbocycles. The summed E-state index contributed by atoms with van der Waals surface area (Å²) in [6, 6.07) is 2.22. The summed E-state index contributed by atoms with van der Waals surface area (Å²) < 4.78 is 5.23. The quantitative estimate of drug-likeness (QED) is 0.507. The Balaban J connectivity index is 1.47. The van der Waals surface area contributed by atoms with Crippen molar-refractivity contribution in [2.45, 2.75) is 76.7 Å². The lowest BCUT2D eigenvalue weighted by molar-refractivity contribution is -0.125. The highest BCUT2D eigenvalue weighted by molar-refractivity contribution is 7.14. The van der Waals surface area contributed by atoms with Gasteiger partial charge in [-0.3, -0.25) is 4.79 Å². The fourth-order valence-corrected chi connectivity index (χ4v) is 4.81. The van der Waals surface area contributed by atoms with E-state index in [-0.39, 0.29) is 24.5 Å². The van der Waals surface area contributed by atoms with Gasteiger partial charge in [-0.05, 0) is 50.2 Å². The first kappa shape index (κ1) is 17.5. The minimum Gasteiger partial charge on any atom is -0.451 e. The number of nitrogens with one attached hydrogen (secondary N) is 1. The molecule has 1 saturated carbocycles. The zero-order chi connectivity index (χ0) is 16.8. The Morgan fingerprint density at radius 3 is 2.54 bits per heavy atom. The van der Waals surface area contributed by atoms with Gasteiger partial charge in [0.25, 0.3) is 5.91 Å². The van der Waals surface area contributed by atoms with Gasteiger partial charge in [0.1, 0.15) is 4.88 Å². The van der Waals surface area contributed by atoms with Crippen LogP contribution >= 0.6 is 11.3 Å². The monoisotopic (exact) mass is 349 g/mol. The van der Waals surface area contributed by atoms with Gasteiger partial charge >= 0.3 is 5.97 Å². The van der Waals surface area contributed by atoms with Crippen LogP contribution in [0.25, 0.3) is 0 Å². The van der Waals surface area contributed by atoms with Crippen LogP contribution in [0.4, 0.5) is 0 Å². The molecule has 2 aliphatic rings. The van der Waals surface area contributed by atoms with E-state index in [4.69, 9.17) is 4.74 Å². The molecular weight excluding hydrogens is 322 g/mol. The van der Waals surface area contributed by atoms with Gasteiger partial charge in [0.15, 0.2) is 6.61 Å². The van der Waals surface area contributed by atoms with Crippen molar-refractivity contribution in [3.63, 3.8) is 0 Å². The van der Waals surface area contributed by atoms with Gasteiger partial charge in [0.2, 0.25) is 0 Å². The van der Waals surface area contributed by atoms with E-state index in [1.807, 2.05) is 6.07 Å². The summed E-state index contributed by atoms with van der Waals surface area (Å²) in [5.74, 6) is -0.530. The van der Waals surface area contributed by atoms with Crippen molar-refractivity contribution in [1.82, 2.24) is 5.32 Å². The lowest BCUT2D eigenvalue weighted by Gasteiger charge is -2.15. The minimum absolute atomic E-state index is 0.169. The lowest BCUT2D eigenvalue weighted by atomic mass is 10.1. The molecule has 4 nitrogen and oxygen atoms in total. The first-order valence-electron chi connectivity index (χ1n) is 9.30. The molecule has 1 aromatic heterocycles. The summed E-state index contributed by atoms with van der Waals surface area (Å²) in [6.07, 6.45) is 12.7. The van der Waals surface area contributed by atoms with Crippen molar-refractivity contribution in [3.8, 4) is 0 Å². The van der Waals surface area contributed by atoms with E-state index in [0.717, 1.165) is 25.7 Å². The van der Waals surface area contributed by atoms with Crippen LogP contribution in [0, 0.1) is 0 Å². The highest BCUT2D eigenvalue weighted by atomic mass is 32.1. The largest absolute Gasteiger partial charge is 0.451 e. The Kier molecular flexibility index (Phi) is 6.30. The fraction of sp³-hybridized carbons (Fsp3) is 0.684. The van der Waals surface area contributed by atoms with Gasteiger partial charge in [0, 0.05) is 10.9 Å². The van der Waals surface area contributed by atoms with Crippen LogP contribution in [0.1, 0.15) is 77.9 Å². The van der Waals surface area contributed by atoms with Crippen LogP contribution in [0.5, 0.6) is 0 Å². The zero-order valence-corrected chi connectivity index (χ0v) is 15.1. The second kappa shape index (κ2) is 8.65. The molecule has 0 bridgehead atoms. The van der Waals surface area contributed by atoms with Crippen molar-refractivity contribution < 1.29 is 14.3 Å². The summed E-state index contributed by atoms with van der Waals surface area (Å²) in [5.41, 5.74) is 1.30. The molecule has 1 aromatic rings. The Morgan fingerprint density at radius 2 is 1.75 bits per heavy atom. The summed E-state index contributed by atoms with van der Waals surface area (Å²) in [4.78, 5) is 26.2. The van der Waals surface area contributed by atoms with Crippen LogP contribution in [0.3, 0.4) is 0 Å². The lowest BCUT2D eigenvalue weighted by Crippen LogP contribution is -2.37. The van der Waals surface area contributed by atoms with Gasteiger partial charge < -0.3 is 10.1 Å². The molecule has 1 amide bonds. The van der Waals surface area contributed by atoms with E-state index < -0.39 is 0 Å². The molecule has 2 aliphatic carbocycles. The Hall–Kier alpha value is -1.36. The van der Waals surface area contributed by atoms with Gasteiger partial charge in [-0.25, -0.2) is 4.79 Å². The smallest absolute Gasteiger partial charge is 0.348 e. The third-order valence-electron chi connectivity index (χ3n) is 5.00. The summed E-state index contributed by atoms with van der Waals surface area (Å²) in [7, 11) is 0. The molecule has 0 spiro atoms. The molecule has 1 N–H and O–H groups in total. The molecule has 0 atom stereocenters. The van der Waals surface area contributed by atoms with E-state index in [2.05, 4.69) is 5.32 Å². The number of carbonyl (C=O) groups excluding carboxylic acids is 2. The molecule has 0 aliphatic heterocycles. The second-order valence-corrected chi connectivity index (χ2v) is 8.09. The maximum absolute atomic E-state index is 12.2. The maximum Gasteiger partial charge on any atom is 0.348 e. The van der Waals surface area contributed by atoms with Gasteiger partial charge in [-0.15, -0.1) is 11.3 Å². The third-order valence-corrected chi connectivity index (χ3v) is 6.22. The number of thiophene rings is 1. The molecule has 1 fully saturated rings. The number of hydrogen-bond acceptors (Lipinski definition) is 4. The Morgan fingerprint density at radius 1 is 1.04 bits per heavy atom. The van der Waals surface area contributed by atoms with Crippen LogP contribution in [0.15, 0.2) is 6.07 Å². The van der Waals surface area contributed by atoms with Gasteiger partial charge in [-0.1, -0.05) is 32.1 Å². The molecule has 24 heavy (non-hydrogen) atoms. The molecule has 3 rings (SSSR count). The minimum atomic E-state index is -0.357. The van der Waals surface area contributed by atoms with E-state index in [1.165, 1.54) is 55.4 Å². The zero-order valence-electron chi connectivity index (χ0n) is 14.3. The SMILES string of the molecule is O=C(COC(=O)c1cc2c(s1)CCCCC2)NC1CCCCCC1. The van der Waals surface area contributed by atoms with Crippen molar-refractivity contribution >= 4 is 23.2 Å². The summed E-state index contributed by atoms with van der Waals surface area (Å²) in [5, 5.41) is 3.01. The number of carbonyl (C=O) groups is 2. The number of ether oxygens (including phenoxy) is 1. The molecule has 0 saturated heterocycles. The third kappa shape index (κ3) is 4.82. The van der Waals surface area contributed by atoms with Gasteiger partial charge in [0.05, 0.1) is 0 Å². The topological polar surface area (TPSA) is 55.4 Å². The van der Waals surface area contributed by atoms with Crippen molar-refractivity contribution in [2.75, 3.05) is 6.61 Å². The van der Waals surface area contributed by atoms with Crippen molar-refractivity contribution in [2.24, 2.45) is 0 Å². The van der Waals surface area contributed by atoms with Crippen molar-refractivity contribution in [1.29, 1.82) is 0 Å². The maximum atomic E-state index is 12.2. The molecular formula is C19H27NO3S. The molecule has 0 radical (unpaired) electrons. The fourth-order valence-electron chi connectivity index (χ4n) is 3.66. The average Bonchev–Trinajstić information content (AvgIpc) is 2.75. The number of fused-ring (bicyclic) bond motifs is 1. The predicted octanol–water partition coefficient (Wildman–Crippen LogP) is 4.01. The normalized spacial score (nSPS) is 19.0. The van der Waals surface area contributed by atoms with Crippen LogP contribution in [-0.2, 0) is 22.4 Å². The standard InChI is InChI=1S/C19H27NO3S/c21-18(20-15-9-5-1-2-6-10-15)13-23-19(22)17-12-14-8-4-3-7-11-16(14)24-17/h12,15H,1-11,13H2,(H,20,21). The van der Waals surface area contributed by atoms with E-state index in [1.54, 1.807) is 11.3 Å². The highest BCUT2D eigenvalue weighted by Gasteiger charge is 2.19. The van der Waals surface area contributed by atoms with E-state index >= 15 is 0 Å². The highest BCUT2D eigenvalue weighted by Crippen LogP contribution is 2.29. The number of amides is 1. The van der Waals surface area contributed by atoms with Crippen LogP contribution in [-0.4, -0.2) is 24.5 Å². The Labute approximate surface area is 148 Å². The first-order valence-corrected chi connectivity index (χ1v) is 10.1. The molecule has 1 heterocycles. The van der Waals surface area contributed by atoms with E-state index in [0.29, 0.717) is 4.88 Å². The molecule has 0 unspecified atom stereocenters. The van der Waals surface area contributed by atoms with Gasteiger partial charge in [-0.2, -0.15) is 0 Å². The number of aryl methyl sites for hydroxylation is 2. The predicted molar refractivity (Wildman–Crippen MR) is 95.5 cm³/mol. The van der Waals surface area contributed by atoms with Crippen LogP contribution in [0.2, 0.25) is 0 Å². The number of esters is 1. The van der Waals surface area contributed by atoms with Crippen molar-refractivity contribution in [3.05, 3.63) is 21.4 Å². The second-order valence-electron chi connectivity index (χ2n) is 6.95. The average molecular weight is 349 g/mol.